The topological polar surface area (TPSA) is 40.6 Å². The number of nitrogens with zero attached hydrogens (tertiary/aromatic N) is 1. The zero-order chi connectivity index (χ0) is 17.8. The molecule has 1 heterocycles. The van der Waals surface area contributed by atoms with Crippen molar-refractivity contribution in [2.75, 3.05) is 14.2 Å². The summed E-state index contributed by atoms with van der Waals surface area (Å²) in [5.41, 5.74) is 5.30. The third-order valence-corrected chi connectivity index (χ3v) is 5.04. The lowest BCUT2D eigenvalue weighted by Crippen LogP contribution is -2.08. The third kappa shape index (κ3) is 3.79. The van der Waals surface area contributed by atoms with Crippen LogP contribution in [-0.2, 0) is 11.3 Å². The van der Waals surface area contributed by atoms with Gasteiger partial charge in [0.25, 0.3) is 0 Å². The number of rotatable bonds is 6. The quantitative estimate of drug-likeness (QED) is 0.754. The minimum absolute atomic E-state index is 0.392. The SMILES string of the molecule is COc1cc(-c2c(COC3CCCC3)ccnc2C)cc(OC)c1C. The van der Waals surface area contributed by atoms with Crippen molar-refractivity contribution < 1.29 is 14.2 Å². The largest absolute Gasteiger partial charge is 0.496 e. The van der Waals surface area contributed by atoms with E-state index in [1.165, 1.54) is 25.7 Å². The van der Waals surface area contributed by atoms with Crippen LogP contribution in [0.4, 0.5) is 0 Å². The molecular weight excluding hydrogens is 314 g/mol. The van der Waals surface area contributed by atoms with Crippen LogP contribution in [0.15, 0.2) is 24.4 Å². The van der Waals surface area contributed by atoms with Crippen LogP contribution in [-0.4, -0.2) is 25.3 Å². The van der Waals surface area contributed by atoms with Gasteiger partial charge in [-0.15, -0.1) is 0 Å². The van der Waals surface area contributed by atoms with E-state index < -0.39 is 0 Å². The van der Waals surface area contributed by atoms with Crippen molar-refractivity contribution in [2.24, 2.45) is 0 Å². The lowest BCUT2D eigenvalue weighted by atomic mass is 9.97. The van der Waals surface area contributed by atoms with Crippen LogP contribution in [0.25, 0.3) is 11.1 Å². The Hall–Kier alpha value is -2.07. The first-order chi connectivity index (χ1) is 12.1. The molecule has 1 aliphatic rings. The molecular formula is C21H27NO3. The van der Waals surface area contributed by atoms with E-state index >= 15 is 0 Å². The Morgan fingerprint density at radius 3 is 2.28 bits per heavy atom. The van der Waals surface area contributed by atoms with E-state index in [0.29, 0.717) is 12.7 Å². The molecule has 1 aromatic heterocycles. The van der Waals surface area contributed by atoms with E-state index in [1.54, 1.807) is 14.2 Å². The highest BCUT2D eigenvalue weighted by atomic mass is 16.5. The van der Waals surface area contributed by atoms with Crippen LogP contribution in [0.3, 0.4) is 0 Å². The van der Waals surface area contributed by atoms with Gasteiger partial charge in [-0.2, -0.15) is 0 Å². The van der Waals surface area contributed by atoms with Crippen LogP contribution in [0.5, 0.6) is 11.5 Å². The van der Waals surface area contributed by atoms with E-state index in [1.807, 2.05) is 20.0 Å². The maximum Gasteiger partial charge on any atom is 0.126 e. The number of hydrogen-bond donors (Lipinski definition) is 0. The Balaban J connectivity index is 1.98. The van der Waals surface area contributed by atoms with Crippen LogP contribution in [0.2, 0.25) is 0 Å². The smallest absolute Gasteiger partial charge is 0.126 e. The molecule has 0 saturated heterocycles. The first kappa shape index (κ1) is 17.7. The van der Waals surface area contributed by atoms with E-state index in [-0.39, 0.29) is 0 Å². The fraction of sp³-hybridized carbons (Fsp3) is 0.476. The van der Waals surface area contributed by atoms with Gasteiger partial charge in [-0.1, -0.05) is 12.8 Å². The van der Waals surface area contributed by atoms with Crippen molar-refractivity contribution in [1.29, 1.82) is 0 Å². The molecule has 0 spiro atoms. The average Bonchev–Trinajstić information content (AvgIpc) is 3.14. The monoisotopic (exact) mass is 341 g/mol. The number of pyridine rings is 1. The van der Waals surface area contributed by atoms with Gasteiger partial charge in [0.05, 0.1) is 26.9 Å². The molecule has 1 aromatic carbocycles. The van der Waals surface area contributed by atoms with Crippen molar-refractivity contribution in [3.63, 3.8) is 0 Å². The summed E-state index contributed by atoms with van der Waals surface area (Å²) in [6.45, 7) is 4.65. The van der Waals surface area contributed by atoms with Gasteiger partial charge in [0.15, 0.2) is 0 Å². The molecule has 1 aliphatic carbocycles. The number of hydrogen-bond acceptors (Lipinski definition) is 4. The molecule has 4 heteroatoms. The second-order valence-electron chi connectivity index (χ2n) is 6.65. The van der Waals surface area contributed by atoms with Crippen LogP contribution < -0.4 is 9.47 Å². The molecule has 0 aliphatic heterocycles. The van der Waals surface area contributed by atoms with Crippen LogP contribution in [0.1, 0.15) is 42.5 Å². The summed E-state index contributed by atoms with van der Waals surface area (Å²) >= 11 is 0. The van der Waals surface area contributed by atoms with Gasteiger partial charge in [-0.25, -0.2) is 0 Å². The predicted octanol–water partition coefficient (Wildman–Crippen LogP) is 4.84. The van der Waals surface area contributed by atoms with E-state index in [9.17, 15) is 0 Å². The number of benzene rings is 1. The predicted molar refractivity (Wildman–Crippen MR) is 99.3 cm³/mol. The fourth-order valence-corrected chi connectivity index (χ4v) is 3.63. The molecule has 0 bridgehead atoms. The summed E-state index contributed by atoms with van der Waals surface area (Å²) in [5, 5.41) is 0. The molecule has 0 radical (unpaired) electrons. The lowest BCUT2D eigenvalue weighted by molar-refractivity contribution is 0.0459. The molecule has 1 saturated carbocycles. The van der Waals surface area contributed by atoms with Gasteiger partial charge in [0.2, 0.25) is 0 Å². The minimum atomic E-state index is 0.392. The molecule has 0 atom stereocenters. The Kier molecular flexibility index (Phi) is 5.59. The summed E-state index contributed by atoms with van der Waals surface area (Å²) in [5.74, 6) is 1.64. The van der Waals surface area contributed by atoms with Crippen molar-refractivity contribution in [3.05, 3.63) is 41.2 Å². The maximum absolute atomic E-state index is 6.15. The second-order valence-corrected chi connectivity index (χ2v) is 6.65. The molecule has 25 heavy (non-hydrogen) atoms. The Morgan fingerprint density at radius 2 is 1.68 bits per heavy atom. The maximum atomic E-state index is 6.15. The first-order valence-electron chi connectivity index (χ1n) is 8.93. The van der Waals surface area contributed by atoms with Crippen LogP contribution >= 0.6 is 0 Å². The molecule has 3 rings (SSSR count). The highest BCUT2D eigenvalue weighted by Gasteiger charge is 2.18. The van der Waals surface area contributed by atoms with Gasteiger partial charge >= 0.3 is 0 Å². The Bertz CT molecular complexity index is 711. The van der Waals surface area contributed by atoms with E-state index in [4.69, 9.17) is 14.2 Å². The summed E-state index contributed by atoms with van der Waals surface area (Å²) in [6, 6.07) is 6.16. The summed E-state index contributed by atoms with van der Waals surface area (Å²) < 4.78 is 17.2. The summed E-state index contributed by atoms with van der Waals surface area (Å²) in [7, 11) is 3.37. The highest BCUT2D eigenvalue weighted by Crippen LogP contribution is 2.37. The standard InChI is InChI=1S/C21H27NO3/c1-14-19(23-3)11-17(12-20(14)24-4)21-15(2)22-10-9-16(21)13-25-18-7-5-6-8-18/h9-12,18H,5-8,13H2,1-4H3. The third-order valence-electron chi connectivity index (χ3n) is 5.04. The van der Waals surface area contributed by atoms with Gasteiger partial charge < -0.3 is 14.2 Å². The van der Waals surface area contributed by atoms with Crippen molar-refractivity contribution in [3.8, 4) is 22.6 Å². The van der Waals surface area contributed by atoms with Gasteiger partial charge in [-0.05, 0) is 56.0 Å². The zero-order valence-corrected chi connectivity index (χ0v) is 15.6. The molecule has 0 N–H and O–H groups in total. The normalized spacial score (nSPS) is 14.7. The van der Waals surface area contributed by atoms with E-state index in [0.717, 1.165) is 39.4 Å². The zero-order valence-electron chi connectivity index (χ0n) is 15.6. The fourth-order valence-electron chi connectivity index (χ4n) is 3.63. The molecule has 4 nitrogen and oxygen atoms in total. The molecule has 0 unspecified atom stereocenters. The molecule has 0 amide bonds. The van der Waals surface area contributed by atoms with Crippen molar-refractivity contribution >= 4 is 0 Å². The molecule has 2 aromatic rings. The number of methoxy groups -OCH3 is 2. The Labute approximate surface area is 150 Å². The summed E-state index contributed by atoms with van der Waals surface area (Å²) in [4.78, 5) is 4.49. The van der Waals surface area contributed by atoms with Crippen molar-refractivity contribution in [2.45, 2.75) is 52.2 Å². The minimum Gasteiger partial charge on any atom is -0.496 e. The van der Waals surface area contributed by atoms with Gasteiger partial charge in [0.1, 0.15) is 11.5 Å². The summed E-state index contributed by atoms with van der Waals surface area (Å²) in [6.07, 6.45) is 7.15. The molecule has 134 valence electrons. The highest BCUT2D eigenvalue weighted by molar-refractivity contribution is 5.73. The number of ether oxygens (including phenoxy) is 3. The number of aromatic nitrogens is 1. The van der Waals surface area contributed by atoms with Crippen LogP contribution in [0, 0.1) is 13.8 Å². The second kappa shape index (κ2) is 7.87. The first-order valence-corrected chi connectivity index (χ1v) is 8.93. The number of aryl methyl sites for hydroxylation is 1. The average molecular weight is 341 g/mol. The van der Waals surface area contributed by atoms with Gasteiger partial charge in [0, 0.05) is 23.0 Å². The van der Waals surface area contributed by atoms with Crippen molar-refractivity contribution in [1.82, 2.24) is 4.98 Å². The lowest BCUT2D eigenvalue weighted by Gasteiger charge is -2.18. The van der Waals surface area contributed by atoms with Gasteiger partial charge in [-0.3, -0.25) is 4.98 Å². The van der Waals surface area contributed by atoms with E-state index in [2.05, 4.69) is 23.2 Å². The molecule has 1 fully saturated rings. The Morgan fingerprint density at radius 1 is 1.04 bits per heavy atom.